The number of furan rings is 1. The van der Waals surface area contributed by atoms with E-state index in [0.29, 0.717) is 0 Å². The van der Waals surface area contributed by atoms with Gasteiger partial charge in [-0.2, -0.15) is 0 Å². The molecule has 0 radical (unpaired) electrons. The van der Waals surface area contributed by atoms with Crippen LogP contribution >= 0.6 is 0 Å². The topological polar surface area (TPSA) is 117 Å². The summed E-state index contributed by atoms with van der Waals surface area (Å²) in [6.45, 7) is 1.78. The molecule has 2 aromatic rings. The summed E-state index contributed by atoms with van der Waals surface area (Å²) in [6, 6.07) is 10.4. The summed E-state index contributed by atoms with van der Waals surface area (Å²) in [6.07, 6.45) is 0. The van der Waals surface area contributed by atoms with Crippen LogP contribution in [-0.4, -0.2) is 50.4 Å². The van der Waals surface area contributed by atoms with Crippen molar-refractivity contribution in [1.29, 1.82) is 0 Å². The van der Waals surface area contributed by atoms with Crippen molar-refractivity contribution in [2.45, 2.75) is 17.9 Å². The number of amides is 1. The van der Waals surface area contributed by atoms with E-state index in [4.69, 9.17) is 4.42 Å². The number of sulfonamides is 1. The van der Waals surface area contributed by atoms with Crippen LogP contribution in [0.25, 0.3) is 0 Å². The Balaban J connectivity index is 1.89. The minimum atomic E-state index is -3.82. The molecule has 27 heavy (non-hydrogen) atoms. The largest absolute Gasteiger partial charge is 0.481 e. The first-order chi connectivity index (χ1) is 12.7. The van der Waals surface area contributed by atoms with E-state index >= 15 is 0 Å². The first kappa shape index (κ1) is 19.1. The van der Waals surface area contributed by atoms with E-state index in [0.717, 1.165) is 5.56 Å². The second kappa shape index (κ2) is 7.16. The molecular weight excluding hydrogens is 372 g/mol. The van der Waals surface area contributed by atoms with Crippen molar-refractivity contribution in [3.05, 3.63) is 53.3 Å². The maximum absolute atomic E-state index is 12.9. The van der Waals surface area contributed by atoms with Crippen molar-refractivity contribution in [2.75, 3.05) is 20.1 Å². The number of benzene rings is 1. The first-order valence-electron chi connectivity index (χ1n) is 8.35. The Kier molecular flexibility index (Phi) is 5.07. The van der Waals surface area contributed by atoms with Crippen LogP contribution in [0.4, 0.5) is 0 Å². The first-order valence-corrected chi connectivity index (χ1v) is 9.84. The van der Waals surface area contributed by atoms with E-state index in [9.17, 15) is 23.1 Å². The Labute approximate surface area is 156 Å². The summed E-state index contributed by atoms with van der Waals surface area (Å²) in [7, 11) is -2.57. The standard InChI is InChI=1S/C18H20N2O6S/c1-11-13(8-16(26-11)27(24,25)19-2)17(21)20-9-14(15(10-20)18(22)23)12-6-4-3-5-7-12/h3-8,14-15,19H,9-10H2,1-2H3,(H,22,23)/t14-,15-/m0/s1. The Bertz CT molecular complexity index is 967. The van der Waals surface area contributed by atoms with Gasteiger partial charge in [0.05, 0.1) is 11.5 Å². The van der Waals surface area contributed by atoms with Crippen LogP contribution in [0, 0.1) is 12.8 Å². The van der Waals surface area contributed by atoms with Crippen LogP contribution in [0.15, 0.2) is 45.9 Å². The zero-order valence-electron chi connectivity index (χ0n) is 14.9. The van der Waals surface area contributed by atoms with Gasteiger partial charge in [0.25, 0.3) is 15.9 Å². The molecule has 2 heterocycles. The minimum absolute atomic E-state index is 0.0481. The molecule has 1 amide bonds. The summed E-state index contributed by atoms with van der Waals surface area (Å²) in [5.74, 6) is -2.31. The van der Waals surface area contributed by atoms with Gasteiger partial charge in [-0.1, -0.05) is 30.3 Å². The van der Waals surface area contributed by atoms with Gasteiger partial charge >= 0.3 is 5.97 Å². The molecule has 0 aliphatic carbocycles. The Morgan fingerprint density at radius 1 is 1.22 bits per heavy atom. The lowest BCUT2D eigenvalue weighted by Crippen LogP contribution is -2.30. The predicted molar refractivity (Wildman–Crippen MR) is 95.9 cm³/mol. The number of hydrogen-bond donors (Lipinski definition) is 2. The highest BCUT2D eigenvalue weighted by Gasteiger charge is 2.41. The number of likely N-dealkylation sites (tertiary alicyclic amines) is 1. The fraction of sp³-hybridized carbons (Fsp3) is 0.333. The summed E-state index contributed by atoms with van der Waals surface area (Å²) in [5.41, 5.74) is 0.962. The van der Waals surface area contributed by atoms with E-state index in [1.165, 1.54) is 24.9 Å². The number of nitrogens with one attached hydrogen (secondary N) is 1. The molecule has 2 atom stereocenters. The average molecular weight is 392 g/mol. The summed E-state index contributed by atoms with van der Waals surface area (Å²) in [4.78, 5) is 26.0. The molecular formula is C18H20N2O6S. The Morgan fingerprint density at radius 3 is 2.48 bits per heavy atom. The minimum Gasteiger partial charge on any atom is -0.481 e. The van der Waals surface area contributed by atoms with Crippen molar-refractivity contribution in [3.8, 4) is 0 Å². The Morgan fingerprint density at radius 2 is 1.89 bits per heavy atom. The molecule has 0 bridgehead atoms. The van der Waals surface area contributed by atoms with E-state index in [1.807, 2.05) is 30.3 Å². The number of rotatable bonds is 5. The van der Waals surface area contributed by atoms with Crippen molar-refractivity contribution in [1.82, 2.24) is 9.62 Å². The van der Waals surface area contributed by atoms with E-state index in [1.54, 1.807) is 0 Å². The van der Waals surface area contributed by atoms with E-state index in [-0.39, 0.29) is 35.4 Å². The third kappa shape index (κ3) is 3.60. The van der Waals surface area contributed by atoms with Crippen molar-refractivity contribution >= 4 is 21.9 Å². The summed E-state index contributed by atoms with van der Waals surface area (Å²) < 4.78 is 31.1. The zero-order valence-corrected chi connectivity index (χ0v) is 15.7. The fourth-order valence-corrected chi connectivity index (χ4v) is 4.04. The molecule has 0 unspecified atom stereocenters. The number of aryl methyl sites for hydroxylation is 1. The molecule has 9 heteroatoms. The molecule has 1 aromatic heterocycles. The highest BCUT2D eigenvalue weighted by molar-refractivity contribution is 7.89. The molecule has 2 N–H and O–H groups in total. The van der Waals surface area contributed by atoms with Crippen molar-refractivity contribution in [3.63, 3.8) is 0 Å². The SMILES string of the molecule is CNS(=O)(=O)c1cc(C(=O)N2C[C@H](C(=O)O)[C@H](c3ccccc3)C2)c(C)o1. The van der Waals surface area contributed by atoms with Crippen molar-refractivity contribution in [2.24, 2.45) is 5.92 Å². The van der Waals surface area contributed by atoms with Gasteiger partial charge < -0.3 is 14.4 Å². The third-order valence-corrected chi connectivity index (χ3v) is 6.08. The van der Waals surface area contributed by atoms with Gasteiger partial charge in [0.2, 0.25) is 5.09 Å². The van der Waals surface area contributed by atoms with Gasteiger partial charge in [-0.15, -0.1) is 0 Å². The second-order valence-corrected chi connectivity index (χ2v) is 8.23. The van der Waals surface area contributed by atoms with Gasteiger partial charge in [0, 0.05) is 25.1 Å². The van der Waals surface area contributed by atoms with Gasteiger partial charge in [0.15, 0.2) is 0 Å². The van der Waals surface area contributed by atoms with Crippen LogP contribution in [0.2, 0.25) is 0 Å². The van der Waals surface area contributed by atoms with Gasteiger partial charge in [-0.25, -0.2) is 13.1 Å². The Hall–Kier alpha value is -2.65. The lowest BCUT2D eigenvalue weighted by Gasteiger charge is -2.16. The lowest BCUT2D eigenvalue weighted by atomic mass is 9.89. The summed E-state index contributed by atoms with van der Waals surface area (Å²) >= 11 is 0. The average Bonchev–Trinajstić information content (AvgIpc) is 3.26. The molecule has 1 aliphatic heterocycles. The quantitative estimate of drug-likeness (QED) is 0.795. The molecule has 0 saturated carbocycles. The maximum Gasteiger partial charge on any atom is 0.308 e. The zero-order chi connectivity index (χ0) is 19.8. The number of carbonyl (C=O) groups excluding carboxylic acids is 1. The number of nitrogens with zero attached hydrogens (tertiary/aromatic N) is 1. The maximum atomic E-state index is 12.9. The monoisotopic (exact) mass is 392 g/mol. The second-order valence-electron chi connectivity index (χ2n) is 6.41. The number of aliphatic carboxylic acids is 1. The van der Waals surface area contributed by atoms with Gasteiger partial charge in [-0.05, 0) is 19.5 Å². The molecule has 1 fully saturated rings. The van der Waals surface area contributed by atoms with Crippen LogP contribution in [0.5, 0.6) is 0 Å². The summed E-state index contributed by atoms with van der Waals surface area (Å²) in [5, 5.41) is 9.22. The molecule has 0 spiro atoms. The van der Waals surface area contributed by atoms with Crippen LogP contribution in [0.1, 0.15) is 27.6 Å². The number of hydrogen-bond acceptors (Lipinski definition) is 5. The fourth-order valence-electron chi connectivity index (χ4n) is 3.33. The predicted octanol–water partition coefficient (Wildman–Crippen LogP) is 1.44. The van der Waals surface area contributed by atoms with Crippen molar-refractivity contribution < 1.29 is 27.5 Å². The number of carboxylic acid groups (broad SMARTS) is 1. The highest BCUT2D eigenvalue weighted by atomic mass is 32.2. The van der Waals surface area contributed by atoms with Crippen LogP contribution in [-0.2, 0) is 14.8 Å². The molecule has 3 rings (SSSR count). The number of carboxylic acids is 1. The molecule has 144 valence electrons. The molecule has 1 saturated heterocycles. The molecule has 1 aromatic carbocycles. The smallest absolute Gasteiger partial charge is 0.308 e. The van der Waals surface area contributed by atoms with Gasteiger partial charge in [0.1, 0.15) is 5.76 Å². The van der Waals surface area contributed by atoms with E-state index in [2.05, 4.69) is 4.72 Å². The molecule has 1 aliphatic rings. The normalized spacial score (nSPS) is 20.0. The van der Waals surface area contributed by atoms with E-state index < -0.39 is 27.8 Å². The van der Waals surface area contributed by atoms with Crippen LogP contribution < -0.4 is 4.72 Å². The number of carbonyl (C=O) groups is 2. The highest BCUT2D eigenvalue weighted by Crippen LogP contribution is 2.34. The lowest BCUT2D eigenvalue weighted by molar-refractivity contribution is -0.141. The third-order valence-electron chi connectivity index (χ3n) is 4.81. The molecule has 8 nitrogen and oxygen atoms in total. The van der Waals surface area contributed by atoms with Gasteiger partial charge in [-0.3, -0.25) is 9.59 Å². The van der Waals surface area contributed by atoms with Crippen LogP contribution in [0.3, 0.4) is 0 Å².